The van der Waals surface area contributed by atoms with Crippen molar-refractivity contribution in [1.82, 2.24) is 4.90 Å². The first kappa shape index (κ1) is 9.98. The molecule has 0 aromatic heterocycles. The molecule has 0 N–H and O–H groups in total. The minimum absolute atomic E-state index is 0.220. The minimum atomic E-state index is -3.35. The zero-order valence-corrected chi connectivity index (χ0v) is 7.51. The summed E-state index contributed by atoms with van der Waals surface area (Å²) in [6.45, 7) is 0. The van der Waals surface area contributed by atoms with E-state index in [-0.39, 0.29) is 4.91 Å². The fourth-order valence-corrected chi connectivity index (χ4v) is 1.01. The van der Waals surface area contributed by atoms with E-state index in [0.29, 0.717) is 0 Å². The highest BCUT2D eigenvalue weighted by Gasteiger charge is 2.09. The second-order valence-electron chi connectivity index (χ2n) is 2.34. The Labute approximate surface area is 66.7 Å². The summed E-state index contributed by atoms with van der Waals surface area (Å²) in [6, 6.07) is 1.60. The van der Waals surface area contributed by atoms with Crippen LogP contribution in [0.15, 0.2) is 11.1 Å². The van der Waals surface area contributed by atoms with E-state index >= 15 is 0 Å². The van der Waals surface area contributed by atoms with Crippen molar-refractivity contribution in [2.24, 2.45) is 0 Å². The predicted molar refractivity (Wildman–Crippen MR) is 42.2 cm³/mol. The third-order valence-corrected chi connectivity index (χ3v) is 1.88. The zero-order chi connectivity index (χ0) is 9.07. The molecule has 0 aliphatic rings. The highest BCUT2D eigenvalue weighted by atomic mass is 32.2. The van der Waals surface area contributed by atoms with E-state index in [1.54, 1.807) is 20.2 Å². The largest absolute Gasteiger partial charge is 0.382 e. The van der Waals surface area contributed by atoms with Crippen LogP contribution in [-0.4, -0.2) is 33.7 Å². The average Bonchev–Trinajstić information content (AvgIpc) is 1.79. The normalized spacial score (nSPS) is 12.4. The maximum Gasteiger partial charge on any atom is 0.187 e. The summed E-state index contributed by atoms with van der Waals surface area (Å²) in [5.74, 6) is 0. The third-order valence-electron chi connectivity index (χ3n) is 0.885. The molecule has 0 saturated carbocycles. The van der Waals surface area contributed by atoms with E-state index in [0.717, 1.165) is 6.26 Å². The molecule has 0 bridgehead atoms. The van der Waals surface area contributed by atoms with Gasteiger partial charge in [-0.05, 0) is 0 Å². The topological polar surface area (TPSA) is 61.2 Å². The van der Waals surface area contributed by atoms with Crippen LogP contribution in [0.5, 0.6) is 0 Å². The van der Waals surface area contributed by atoms with Crippen molar-refractivity contribution in [3.63, 3.8) is 0 Å². The Morgan fingerprint density at radius 2 is 2.00 bits per heavy atom. The van der Waals surface area contributed by atoms with Crippen LogP contribution < -0.4 is 0 Å². The number of allylic oxidation sites excluding steroid dienone is 1. The maximum absolute atomic E-state index is 10.8. The Hall–Kier alpha value is -1.02. The van der Waals surface area contributed by atoms with Gasteiger partial charge in [-0.15, -0.1) is 0 Å². The van der Waals surface area contributed by atoms with Gasteiger partial charge in [0.15, 0.2) is 14.7 Å². The van der Waals surface area contributed by atoms with Gasteiger partial charge in [0.05, 0.1) is 0 Å². The summed E-state index contributed by atoms with van der Waals surface area (Å²) in [6.07, 6.45) is 2.28. The zero-order valence-electron chi connectivity index (χ0n) is 6.70. The molecule has 0 spiro atoms. The van der Waals surface area contributed by atoms with Gasteiger partial charge in [-0.2, -0.15) is 5.26 Å². The van der Waals surface area contributed by atoms with Crippen molar-refractivity contribution in [1.29, 1.82) is 5.26 Å². The van der Waals surface area contributed by atoms with Crippen LogP contribution in [0, 0.1) is 11.3 Å². The van der Waals surface area contributed by atoms with Crippen molar-refractivity contribution in [3.8, 4) is 6.07 Å². The van der Waals surface area contributed by atoms with Gasteiger partial charge in [0.25, 0.3) is 0 Å². The Bertz CT molecular complexity index is 295. The van der Waals surface area contributed by atoms with E-state index in [1.165, 1.54) is 11.1 Å². The number of nitrogens with zero attached hydrogens (tertiary/aromatic N) is 2. The van der Waals surface area contributed by atoms with Gasteiger partial charge in [0, 0.05) is 26.6 Å². The number of sulfone groups is 1. The van der Waals surface area contributed by atoms with Crippen LogP contribution in [0.1, 0.15) is 0 Å². The fraction of sp³-hybridized carbons (Fsp3) is 0.500. The molecule has 5 heteroatoms. The molecule has 0 fully saturated rings. The van der Waals surface area contributed by atoms with Gasteiger partial charge in [0.2, 0.25) is 0 Å². The number of hydrogen-bond donors (Lipinski definition) is 0. The molecule has 11 heavy (non-hydrogen) atoms. The first-order chi connectivity index (χ1) is 4.88. The van der Waals surface area contributed by atoms with Crippen molar-refractivity contribution in [2.45, 2.75) is 0 Å². The van der Waals surface area contributed by atoms with Crippen molar-refractivity contribution < 1.29 is 8.42 Å². The summed E-state index contributed by atoms with van der Waals surface area (Å²) in [7, 11) is -0.0412. The van der Waals surface area contributed by atoms with Gasteiger partial charge in [-0.1, -0.05) is 0 Å². The van der Waals surface area contributed by atoms with Gasteiger partial charge in [0.1, 0.15) is 6.07 Å². The molecule has 0 aliphatic heterocycles. The number of rotatable bonds is 2. The minimum Gasteiger partial charge on any atom is -0.382 e. The summed E-state index contributed by atoms with van der Waals surface area (Å²) >= 11 is 0. The fourth-order valence-electron chi connectivity index (χ4n) is 0.442. The van der Waals surface area contributed by atoms with Crippen molar-refractivity contribution >= 4 is 9.84 Å². The molecule has 0 amide bonds. The Morgan fingerprint density at radius 3 is 2.09 bits per heavy atom. The second-order valence-corrected chi connectivity index (χ2v) is 4.33. The molecular formula is C6H10N2O2S. The molecule has 0 aliphatic carbocycles. The van der Waals surface area contributed by atoms with E-state index in [2.05, 4.69) is 0 Å². The SMILES string of the molecule is CN(C)/C=C(/C#N)S(C)(=O)=O. The lowest BCUT2D eigenvalue weighted by Crippen LogP contribution is -2.07. The molecule has 0 unspecified atom stereocenters. The van der Waals surface area contributed by atoms with Gasteiger partial charge in [-0.25, -0.2) is 8.42 Å². The molecule has 0 radical (unpaired) electrons. The summed E-state index contributed by atoms with van der Waals surface area (Å²) < 4.78 is 21.6. The molecule has 0 saturated heterocycles. The predicted octanol–water partition coefficient (Wildman–Crippen LogP) is -0.0424. The van der Waals surface area contributed by atoms with Crippen LogP contribution in [0.2, 0.25) is 0 Å². The van der Waals surface area contributed by atoms with Gasteiger partial charge >= 0.3 is 0 Å². The van der Waals surface area contributed by atoms with Gasteiger partial charge in [-0.3, -0.25) is 0 Å². The monoisotopic (exact) mass is 174 g/mol. The first-order valence-corrected chi connectivity index (χ1v) is 4.75. The summed E-state index contributed by atoms with van der Waals surface area (Å²) in [4.78, 5) is 1.29. The molecule has 62 valence electrons. The van der Waals surface area contributed by atoms with E-state index in [9.17, 15) is 8.42 Å². The van der Waals surface area contributed by atoms with Crippen LogP contribution in [0.25, 0.3) is 0 Å². The first-order valence-electron chi connectivity index (χ1n) is 2.86. The Kier molecular flexibility index (Phi) is 3.08. The van der Waals surface area contributed by atoms with Crippen molar-refractivity contribution in [3.05, 3.63) is 11.1 Å². The maximum atomic E-state index is 10.8. The smallest absolute Gasteiger partial charge is 0.187 e. The number of hydrogen-bond acceptors (Lipinski definition) is 4. The summed E-state index contributed by atoms with van der Waals surface area (Å²) in [5, 5.41) is 8.39. The van der Waals surface area contributed by atoms with Crippen molar-refractivity contribution in [2.75, 3.05) is 20.4 Å². The molecule has 4 nitrogen and oxygen atoms in total. The second kappa shape index (κ2) is 3.39. The van der Waals surface area contributed by atoms with Crippen LogP contribution in [-0.2, 0) is 9.84 Å². The average molecular weight is 174 g/mol. The third kappa shape index (κ3) is 3.63. The molecular weight excluding hydrogens is 164 g/mol. The van der Waals surface area contributed by atoms with Crippen LogP contribution in [0.4, 0.5) is 0 Å². The lowest BCUT2D eigenvalue weighted by atomic mass is 10.6. The van der Waals surface area contributed by atoms with Crippen LogP contribution in [0.3, 0.4) is 0 Å². The Balaban J connectivity index is 4.90. The van der Waals surface area contributed by atoms with E-state index in [1.807, 2.05) is 0 Å². The Morgan fingerprint density at radius 1 is 1.55 bits per heavy atom. The molecule has 0 heterocycles. The van der Waals surface area contributed by atoms with E-state index < -0.39 is 9.84 Å². The molecule has 0 atom stereocenters. The molecule has 0 aromatic rings. The van der Waals surface area contributed by atoms with Crippen LogP contribution >= 0.6 is 0 Å². The highest BCUT2D eigenvalue weighted by molar-refractivity contribution is 7.94. The molecule has 0 rings (SSSR count). The number of nitriles is 1. The van der Waals surface area contributed by atoms with Gasteiger partial charge < -0.3 is 4.90 Å². The molecule has 0 aromatic carbocycles. The lowest BCUT2D eigenvalue weighted by molar-refractivity contribution is 0.559. The quantitative estimate of drug-likeness (QED) is 0.551. The lowest BCUT2D eigenvalue weighted by Gasteiger charge is -2.04. The summed E-state index contributed by atoms with van der Waals surface area (Å²) in [5.41, 5.74) is 0. The standard InChI is InChI=1S/C6H10N2O2S/c1-8(2)5-6(4-7)11(3,9)10/h5H,1-3H3/b6-5-. The highest BCUT2D eigenvalue weighted by Crippen LogP contribution is 2.02. The van der Waals surface area contributed by atoms with E-state index in [4.69, 9.17) is 5.26 Å².